The Morgan fingerprint density at radius 3 is 2.57 bits per heavy atom. The van der Waals surface area contributed by atoms with Crippen LogP contribution in [0.5, 0.6) is 0 Å². The van der Waals surface area contributed by atoms with Gasteiger partial charge in [-0.2, -0.15) is 18.3 Å². The summed E-state index contributed by atoms with van der Waals surface area (Å²) < 4.78 is 65.7. The van der Waals surface area contributed by atoms with Crippen molar-refractivity contribution < 1.29 is 21.6 Å². The van der Waals surface area contributed by atoms with Crippen LogP contribution >= 0.6 is 0 Å². The average Bonchev–Trinajstić information content (AvgIpc) is 2.93. The molecule has 2 N–H and O–H groups in total. The van der Waals surface area contributed by atoms with Gasteiger partial charge in [0.15, 0.2) is 0 Å². The van der Waals surface area contributed by atoms with E-state index in [0.717, 1.165) is 23.6 Å². The van der Waals surface area contributed by atoms with Crippen molar-refractivity contribution in [1.82, 2.24) is 10.2 Å². The molecule has 0 amide bonds. The first-order valence-electron chi connectivity index (χ1n) is 6.39. The van der Waals surface area contributed by atoms with Crippen LogP contribution < -0.4 is 4.72 Å². The predicted molar refractivity (Wildman–Crippen MR) is 78.3 cm³/mol. The Balaban J connectivity index is 2.02. The number of aromatic nitrogens is 2. The second kappa shape index (κ2) is 5.27. The summed E-state index contributed by atoms with van der Waals surface area (Å²) in [5.41, 5.74) is -0.511. The van der Waals surface area contributed by atoms with Crippen LogP contribution in [0.1, 0.15) is 5.56 Å². The Morgan fingerprint density at radius 2 is 1.83 bits per heavy atom. The number of nitrogens with zero attached hydrogens (tertiary/aromatic N) is 1. The van der Waals surface area contributed by atoms with Crippen LogP contribution in [0, 0.1) is 0 Å². The number of nitrogens with one attached hydrogen (secondary N) is 2. The fourth-order valence-electron chi connectivity index (χ4n) is 2.15. The third-order valence-electron chi connectivity index (χ3n) is 3.18. The minimum atomic E-state index is -4.77. The van der Waals surface area contributed by atoms with Crippen molar-refractivity contribution in [2.75, 3.05) is 4.72 Å². The van der Waals surface area contributed by atoms with Crippen molar-refractivity contribution in [3.8, 4) is 0 Å². The highest BCUT2D eigenvalue weighted by atomic mass is 32.2. The lowest BCUT2D eigenvalue weighted by atomic mass is 10.2. The summed E-state index contributed by atoms with van der Waals surface area (Å²) in [6, 6.07) is 8.53. The second-order valence-electron chi connectivity index (χ2n) is 4.77. The molecule has 23 heavy (non-hydrogen) atoms. The molecular weight excluding hydrogens is 331 g/mol. The van der Waals surface area contributed by atoms with E-state index in [9.17, 15) is 21.6 Å². The Labute approximate surface area is 129 Å². The van der Waals surface area contributed by atoms with Crippen LogP contribution in [-0.2, 0) is 16.2 Å². The number of fused-ring (bicyclic) bond motifs is 1. The van der Waals surface area contributed by atoms with Gasteiger partial charge in [-0.15, -0.1) is 0 Å². The van der Waals surface area contributed by atoms with Crippen molar-refractivity contribution in [2.24, 2.45) is 0 Å². The van der Waals surface area contributed by atoms with E-state index in [2.05, 4.69) is 14.9 Å². The number of H-pyrrole nitrogens is 1. The number of anilines is 1. The molecular formula is C14H10F3N3O2S. The number of hydrogen-bond donors (Lipinski definition) is 2. The zero-order valence-corrected chi connectivity index (χ0v) is 12.2. The summed E-state index contributed by atoms with van der Waals surface area (Å²) in [7, 11) is -4.38. The van der Waals surface area contributed by atoms with Crippen molar-refractivity contribution >= 4 is 26.6 Å². The lowest BCUT2D eigenvalue weighted by Crippen LogP contribution is -2.18. The van der Waals surface area contributed by atoms with Gasteiger partial charge in [0.05, 0.1) is 27.9 Å². The third kappa shape index (κ3) is 3.00. The van der Waals surface area contributed by atoms with Crippen LogP contribution in [0.15, 0.2) is 53.6 Å². The summed E-state index contributed by atoms with van der Waals surface area (Å²) in [6.07, 6.45) is -3.22. The highest BCUT2D eigenvalue weighted by Crippen LogP contribution is 2.34. The molecule has 0 saturated carbocycles. The Morgan fingerprint density at radius 1 is 1.09 bits per heavy atom. The third-order valence-corrected chi connectivity index (χ3v) is 4.62. The molecule has 9 heteroatoms. The van der Waals surface area contributed by atoms with Gasteiger partial charge >= 0.3 is 6.18 Å². The number of hydrogen-bond acceptors (Lipinski definition) is 3. The van der Waals surface area contributed by atoms with Crippen molar-refractivity contribution in [2.45, 2.75) is 11.1 Å². The fourth-order valence-corrected chi connectivity index (χ4v) is 3.42. The first kappa shape index (κ1) is 15.3. The van der Waals surface area contributed by atoms with Gasteiger partial charge in [-0.25, -0.2) is 8.42 Å². The molecule has 0 spiro atoms. The van der Waals surface area contributed by atoms with E-state index in [1.54, 1.807) is 12.3 Å². The molecule has 5 nitrogen and oxygen atoms in total. The van der Waals surface area contributed by atoms with Crippen LogP contribution in [0.3, 0.4) is 0 Å². The average molecular weight is 341 g/mol. The van der Waals surface area contributed by atoms with Crippen molar-refractivity contribution in [3.63, 3.8) is 0 Å². The van der Waals surface area contributed by atoms with Gasteiger partial charge in [-0.1, -0.05) is 12.1 Å². The first-order valence-corrected chi connectivity index (χ1v) is 7.88. The molecule has 0 fully saturated rings. The maximum absolute atomic E-state index is 13.0. The smallest absolute Gasteiger partial charge is 0.280 e. The molecule has 1 aromatic heterocycles. The molecule has 0 aliphatic carbocycles. The summed E-state index contributed by atoms with van der Waals surface area (Å²) in [5, 5.41) is 7.20. The monoisotopic (exact) mass is 341 g/mol. The van der Waals surface area contributed by atoms with Gasteiger partial charge in [0.25, 0.3) is 10.0 Å². The lowest BCUT2D eigenvalue weighted by Gasteiger charge is -2.14. The van der Waals surface area contributed by atoms with Gasteiger partial charge in [-0.3, -0.25) is 9.82 Å². The topological polar surface area (TPSA) is 74.8 Å². The summed E-state index contributed by atoms with van der Waals surface area (Å²) in [6.45, 7) is 0. The van der Waals surface area contributed by atoms with E-state index in [0.29, 0.717) is 5.52 Å². The van der Waals surface area contributed by atoms with Crippen molar-refractivity contribution in [1.29, 1.82) is 0 Å². The molecule has 0 saturated heterocycles. The minimum absolute atomic E-state index is 0.138. The van der Waals surface area contributed by atoms with E-state index in [-0.39, 0.29) is 5.69 Å². The first-order chi connectivity index (χ1) is 10.8. The Bertz CT molecular complexity index is 965. The molecule has 2 aromatic carbocycles. The number of halogens is 3. The number of benzene rings is 2. The second-order valence-corrected chi connectivity index (χ2v) is 6.42. The lowest BCUT2D eigenvalue weighted by molar-refractivity contribution is -0.139. The van der Waals surface area contributed by atoms with Gasteiger partial charge < -0.3 is 0 Å². The molecule has 1 heterocycles. The van der Waals surface area contributed by atoms with Crippen molar-refractivity contribution in [3.05, 3.63) is 54.2 Å². The van der Waals surface area contributed by atoms with Gasteiger partial charge in [0.2, 0.25) is 0 Å². The zero-order valence-electron chi connectivity index (χ0n) is 11.4. The molecule has 3 rings (SSSR count). The molecule has 0 aliphatic heterocycles. The molecule has 0 bridgehead atoms. The number of aromatic amines is 1. The highest BCUT2D eigenvalue weighted by molar-refractivity contribution is 7.92. The van der Waals surface area contributed by atoms with Crippen LogP contribution in [0.2, 0.25) is 0 Å². The maximum atomic E-state index is 13.0. The van der Waals surface area contributed by atoms with E-state index in [1.165, 1.54) is 18.2 Å². The van der Waals surface area contributed by atoms with Gasteiger partial charge in [0.1, 0.15) is 0 Å². The van der Waals surface area contributed by atoms with Crippen LogP contribution in [0.4, 0.5) is 18.9 Å². The predicted octanol–water partition coefficient (Wildman–Crippen LogP) is 3.38. The molecule has 120 valence electrons. The minimum Gasteiger partial charge on any atom is -0.280 e. The van der Waals surface area contributed by atoms with E-state index in [1.807, 2.05) is 0 Å². The maximum Gasteiger partial charge on any atom is 0.417 e. The summed E-state index contributed by atoms with van der Waals surface area (Å²) >= 11 is 0. The van der Waals surface area contributed by atoms with Crippen LogP contribution in [0.25, 0.3) is 10.9 Å². The molecule has 0 unspecified atom stereocenters. The Hall–Kier alpha value is -2.55. The quantitative estimate of drug-likeness (QED) is 0.767. The van der Waals surface area contributed by atoms with Crippen LogP contribution in [-0.4, -0.2) is 18.6 Å². The molecule has 0 atom stereocenters. The summed E-state index contributed by atoms with van der Waals surface area (Å²) in [4.78, 5) is -0.822. The van der Waals surface area contributed by atoms with Gasteiger partial charge in [0, 0.05) is 5.39 Å². The molecule has 3 aromatic rings. The fraction of sp³-hybridized carbons (Fsp3) is 0.0714. The zero-order chi connectivity index (χ0) is 16.7. The number of sulfonamides is 1. The largest absolute Gasteiger partial charge is 0.417 e. The highest BCUT2D eigenvalue weighted by Gasteiger charge is 2.36. The standard InChI is InChI=1S/C14H10F3N3O2S/c15-14(16,17)11-3-1-2-4-13(11)23(21,22)20-10-6-5-9-8-18-19-12(9)7-10/h1-8,20H,(H,18,19). The van der Waals surface area contributed by atoms with E-state index in [4.69, 9.17) is 0 Å². The molecule has 0 aliphatic rings. The Kier molecular flexibility index (Phi) is 3.52. The normalized spacial score (nSPS) is 12.5. The van der Waals surface area contributed by atoms with Gasteiger partial charge in [-0.05, 0) is 30.3 Å². The number of rotatable bonds is 3. The number of alkyl halides is 3. The van der Waals surface area contributed by atoms with E-state index >= 15 is 0 Å². The summed E-state index contributed by atoms with van der Waals surface area (Å²) in [5.74, 6) is 0. The molecule has 0 radical (unpaired) electrons. The van der Waals surface area contributed by atoms with E-state index < -0.39 is 26.7 Å². The SMILES string of the molecule is O=S(=O)(Nc1ccc2cn[nH]c2c1)c1ccccc1C(F)(F)F.